The Morgan fingerprint density at radius 2 is 1.72 bits per heavy atom. The summed E-state index contributed by atoms with van der Waals surface area (Å²) in [4.78, 5) is 25.3. The van der Waals surface area contributed by atoms with E-state index in [1.807, 2.05) is 24.3 Å². The summed E-state index contributed by atoms with van der Waals surface area (Å²) in [5, 5.41) is 2.66. The van der Waals surface area contributed by atoms with Crippen molar-refractivity contribution in [3.63, 3.8) is 0 Å². The Kier molecular flexibility index (Phi) is 5.09. The summed E-state index contributed by atoms with van der Waals surface area (Å²) in [5.74, 6) is -0.247. The molecule has 6 heteroatoms. The van der Waals surface area contributed by atoms with Crippen molar-refractivity contribution in [3.8, 4) is 11.1 Å². The molecule has 0 bridgehead atoms. The van der Waals surface area contributed by atoms with Crippen molar-refractivity contribution in [1.82, 2.24) is 10.2 Å². The summed E-state index contributed by atoms with van der Waals surface area (Å²) in [5.41, 5.74) is 3.85. The number of fused-ring (bicyclic) bond motifs is 3. The third kappa shape index (κ3) is 3.50. The lowest BCUT2D eigenvalue weighted by molar-refractivity contribution is -0.138. The number of carbonyl (C=O) groups excluding carboxylic acids is 2. The number of nitrogens with one attached hydrogen (secondary N) is 1. The highest BCUT2D eigenvalue weighted by atomic mass is 19.1. The first kappa shape index (κ1) is 19.2. The maximum absolute atomic E-state index is 13.5. The summed E-state index contributed by atoms with van der Waals surface area (Å²) in [6.45, 7) is 3.68. The summed E-state index contributed by atoms with van der Waals surface area (Å²) in [6, 6.07) is 16.2. The molecule has 4 rings (SSSR count). The first-order valence-corrected chi connectivity index (χ1v) is 9.63. The molecule has 2 aromatic carbocycles. The van der Waals surface area contributed by atoms with E-state index in [0.717, 1.165) is 22.3 Å². The Bertz CT molecular complexity index is 907. The number of ether oxygens (including phenoxy) is 1. The molecule has 1 aliphatic heterocycles. The number of alkyl carbamates (subject to hydrolysis) is 1. The molecule has 150 valence electrons. The zero-order valence-corrected chi connectivity index (χ0v) is 16.1. The molecule has 5 nitrogen and oxygen atoms in total. The largest absolute Gasteiger partial charge is 0.449 e. The number of hydrogen-bond donors (Lipinski definition) is 1. The maximum Gasteiger partial charge on any atom is 0.407 e. The number of hydrogen-bond acceptors (Lipinski definition) is 3. The van der Waals surface area contributed by atoms with Gasteiger partial charge < -0.3 is 15.0 Å². The zero-order valence-electron chi connectivity index (χ0n) is 16.1. The molecule has 1 fully saturated rings. The number of nitrogens with zero attached hydrogens (tertiary/aromatic N) is 1. The van der Waals surface area contributed by atoms with Gasteiger partial charge in [0.1, 0.15) is 13.3 Å². The van der Waals surface area contributed by atoms with Crippen LogP contribution in [-0.2, 0) is 9.53 Å². The van der Waals surface area contributed by atoms with Crippen LogP contribution in [0.1, 0.15) is 17.0 Å². The standard InChI is InChI=1S/C23H23FN2O3/c1-2-21(27)26-14-23(12-24,15-26)13-25-22(28)29-11-20-18-9-5-3-7-16(18)17-8-4-6-10-19(17)20/h2-10,20H,1,11-15H2,(H,25,28). The molecular formula is C23H23FN2O3. The highest BCUT2D eigenvalue weighted by Gasteiger charge is 2.45. The van der Waals surface area contributed by atoms with Crippen LogP contribution in [-0.4, -0.2) is 49.8 Å². The van der Waals surface area contributed by atoms with Gasteiger partial charge in [0.05, 0.1) is 5.41 Å². The van der Waals surface area contributed by atoms with Crippen molar-refractivity contribution in [1.29, 1.82) is 0 Å². The first-order chi connectivity index (χ1) is 14.1. The van der Waals surface area contributed by atoms with E-state index in [0.29, 0.717) is 0 Å². The highest BCUT2D eigenvalue weighted by Crippen LogP contribution is 2.44. The lowest BCUT2D eigenvalue weighted by Gasteiger charge is -2.48. The van der Waals surface area contributed by atoms with E-state index in [2.05, 4.69) is 36.2 Å². The van der Waals surface area contributed by atoms with Crippen LogP contribution in [0.3, 0.4) is 0 Å². The zero-order chi connectivity index (χ0) is 20.4. The monoisotopic (exact) mass is 394 g/mol. The predicted octanol–water partition coefficient (Wildman–Crippen LogP) is 3.51. The Balaban J connectivity index is 1.35. The smallest absolute Gasteiger partial charge is 0.407 e. The highest BCUT2D eigenvalue weighted by molar-refractivity contribution is 5.87. The van der Waals surface area contributed by atoms with Gasteiger partial charge in [-0.1, -0.05) is 55.1 Å². The minimum Gasteiger partial charge on any atom is -0.449 e. The number of alkyl halides is 1. The van der Waals surface area contributed by atoms with Gasteiger partial charge in [-0.15, -0.1) is 0 Å². The van der Waals surface area contributed by atoms with E-state index in [1.165, 1.54) is 11.0 Å². The van der Waals surface area contributed by atoms with Crippen molar-refractivity contribution < 1.29 is 18.7 Å². The SMILES string of the molecule is C=CC(=O)N1CC(CF)(CNC(=O)OCC2c3ccccc3-c3ccccc32)C1. The Hall–Kier alpha value is -3.15. The summed E-state index contributed by atoms with van der Waals surface area (Å²) in [7, 11) is 0. The van der Waals surface area contributed by atoms with Gasteiger partial charge >= 0.3 is 6.09 Å². The number of amides is 2. The fraction of sp³-hybridized carbons (Fsp3) is 0.304. The van der Waals surface area contributed by atoms with Crippen LogP contribution in [0.25, 0.3) is 11.1 Å². The minimum absolute atomic E-state index is 0.0207. The number of rotatable bonds is 6. The van der Waals surface area contributed by atoms with E-state index in [1.54, 1.807) is 0 Å². The quantitative estimate of drug-likeness (QED) is 0.763. The molecule has 0 radical (unpaired) electrons. The normalized spacial score (nSPS) is 16.4. The number of likely N-dealkylation sites (tertiary alicyclic amines) is 1. The summed E-state index contributed by atoms with van der Waals surface area (Å²) >= 11 is 0. The molecule has 2 aliphatic rings. The molecule has 0 unspecified atom stereocenters. The molecule has 29 heavy (non-hydrogen) atoms. The van der Waals surface area contributed by atoms with Crippen molar-refractivity contribution in [2.24, 2.45) is 5.41 Å². The lowest BCUT2D eigenvalue weighted by atomic mass is 9.81. The molecular weight excluding hydrogens is 371 g/mol. The van der Waals surface area contributed by atoms with Gasteiger partial charge in [0.15, 0.2) is 0 Å². The van der Waals surface area contributed by atoms with Gasteiger partial charge in [0.2, 0.25) is 5.91 Å². The second-order valence-corrected chi connectivity index (χ2v) is 7.71. The molecule has 1 saturated heterocycles. The van der Waals surface area contributed by atoms with E-state index >= 15 is 0 Å². The molecule has 0 spiro atoms. The third-order valence-corrected chi connectivity index (χ3v) is 5.77. The van der Waals surface area contributed by atoms with Gasteiger partial charge in [0.25, 0.3) is 0 Å². The van der Waals surface area contributed by atoms with Crippen molar-refractivity contribution >= 4 is 12.0 Å². The van der Waals surface area contributed by atoms with Gasteiger partial charge in [-0.05, 0) is 28.3 Å². The van der Waals surface area contributed by atoms with Gasteiger partial charge in [-0.2, -0.15) is 0 Å². The van der Waals surface area contributed by atoms with Crippen LogP contribution in [0, 0.1) is 5.41 Å². The van der Waals surface area contributed by atoms with Crippen LogP contribution < -0.4 is 5.32 Å². The molecule has 2 amide bonds. The molecule has 0 aromatic heterocycles. The number of halogens is 1. The molecule has 0 saturated carbocycles. The van der Waals surface area contributed by atoms with E-state index in [4.69, 9.17) is 4.74 Å². The molecule has 0 atom stereocenters. The van der Waals surface area contributed by atoms with Gasteiger partial charge in [0, 0.05) is 25.6 Å². The minimum atomic E-state index is -0.746. The van der Waals surface area contributed by atoms with Crippen molar-refractivity contribution in [3.05, 3.63) is 72.3 Å². The van der Waals surface area contributed by atoms with Crippen LogP contribution in [0.5, 0.6) is 0 Å². The average molecular weight is 394 g/mol. The van der Waals surface area contributed by atoms with Gasteiger partial charge in [-0.25, -0.2) is 4.79 Å². The summed E-state index contributed by atoms with van der Waals surface area (Å²) in [6.07, 6.45) is 0.634. The third-order valence-electron chi connectivity index (χ3n) is 5.77. The predicted molar refractivity (Wildman–Crippen MR) is 108 cm³/mol. The fourth-order valence-corrected chi connectivity index (χ4v) is 4.20. The van der Waals surface area contributed by atoms with E-state index in [9.17, 15) is 14.0 Å². The summed E-state index contributed by atoms with van der Waals surface area (Å²) < 4.78 is 19.0. The first-order valence-electron chi connectivity index (χ1n) is 9.63. The molecule has 2 aromatic rings. The molecule has 1 heterocycles. The number of carbonyl (C=O) groups is 2. The lowest BCUT2D eigenvalue weighted by Crippen LogP contribution is -2.63. The average Bonchev–Trinajstić information content (AvgIpc) is 3.05. The second kappa shape index (κ2) is 7.70. The van der Waals surface area contributed by atoms with Crippen LogP contribution in [0.2, 0.25) is 0 Å². The van der Waals surface area contributed by atoms with Crippen molar-refractivity contribution in [2.75, 3.05) is 32.9 Å². The van der Waals surface area contributed by atoms with Crippen LogP contribution in [0.4, 0.5) is 9.18 Å². The second-order valence-electron chi connectivity index (χ2n) is 7.71. The maximum atomic E-state index is 13.5. The Morgan fingerprint density at radius 3 is 2.28 bits per heavy atom. The van der Waals surface area contributed by atoms with Crippen LogP contribution >= 0.6 is 0 Å². The Morgan fingerprint density at radius 1 is 1.14 bits per heavy atom. The van der Waals surface area contributed by atoms with E-state index in [-0.39, 0.29) is 38.1 Å². The van der Waals surface area contributed by atoms with E-state index < -0.39 is 18.2 Å². The van der Waals surface area contributed by atoms with Crippen molar-refractivity contribution in [2.45, 2.75) is 5.92 Å². The van der Waals surface area contributed by atoms with Gasteiger partial charge in [-0.3, -0.25) is 9.18 Å². The van der Waals surface area contributed by atoms with Crippen LogP contribution in [0.15, 0.2) is 61.2 Å². The molecule has 1 N–H and O–H groups in total. The topological polar surface area (TPSA) is 58.6 Å². The Labute approximate surface area is 169 Å². The number of benzene rings is 2. The molecule has 1 aliphatic carbocycles. The fourth-order valence-electron chi connectivity index (χ4n) is 4.20.